The van der Waals surface area contributed by atoms with Gasteiger partial charge in [0.05, 0.1) is 22.0 Å². The Morgan fingerprint density at radius 3 is 2.75 bits per heavy atom. The monoisotopic (exact) mass is 357 g/mol. The maximum Gasteiger partial charge on any atom is 0.234 e. The predicted octanol–water partition coefficient (Wildman–Crippen LogP) is 4.63. The molecule has 0 radical (unpaired) electrons. The molecule has 0 aliphatic heterocycles. The van der Waals surface area contributed by atoms with Crippen molar-refractivity contribution in [2.24, 2.45) is 0 Å². The average molecular weight is 358 g/mol. The van der Waals surface area contributed by atoms with Crippen LogP contribution in [0.15, 0.2) is 47.5 Å². The van der Waals surface area contributed by atoms with Gasteiger partial charge in [0.15, 0.2) is 0 Å². The molecule has 0 unspecified atom stereocenters. The highest BCUT2D eigenvalue weighted by Crippen LogP contribution is 2.26. The lowest BCUT2D eigenvalue weighted by atomic mass is 10.2. The van der Waals surface area contributed by atoms with Gasteiger partial charge in [-0.3, -0.25) is 4.79 Å². The van der Waals surface area contributed by atoms with Crippen molar-refractivity contribution in [3.8, 4) is 0 Å². The molecule has 24 heavy (non-hydrogen) atoms. The van der Waals surface area contributed by atoms with E-state index in [2.05, 4.69) is 15.3 Å². The number of carbonyl (C=O) groups is 1. The lowest BCUT2D eigenvalue weighted by Gasteiger charge is -2.09. The number of hydrogen-bond acceptors (Lipinski definition) is 4. The Kier molecular flexibility index (Phi) is 5.02. The van der Waals surface area contributed by atoms with Gasteiger partial charge in [0.2, 0.25) is 5.91 Å². The summed E-state index contributed by atoms with van der Waals surface area (Å²) < 4.78 is 0. The zero-order chi connectivity index (χ0) is 17.1. The third kappa shape index (κ3) is 3.86. The van der Waals surface area contributed by atoms with E-state index in [1.54, 1.807) is 0 Å². The minimum absolute atomic E-state index is 0.119. The highest BCUT2D eigenvalue weighted by Gasteiger charge is 2.10. The SMILES string of the molecule is Cc1ccc(NC(=O)CSc2nc(C)nc3ccccc23)c(Cl)c1. The van der Waals surface area contributed by atoms with Crippen molar-refractivity contribution >= 4 is 45.9 Å². The van der Waals surface area contributed by atoms with Crippen LogP contribution in [0.2, 0.25) is 5.02 Å². The maximum atomic E-state index is 12.2. The van der Waals surface area contributed by atoms with Crippen molar-refractivity contribution in [2.45, 2.75) is 18.9 Å². The first-order chi connectivity index (χ1) is 11.5. The molecular formula is C18H16ClN3OS. The number of anilines is 1. The minimum atomic E-state index is -0.119. The summed E-state index contributed by atoms with van der Waals surface area (Å²) in [6.45, 7) is 3.80. The van der Waals surface area contributed by atoms with E-state index in [0.717, 1.165) is 21.5 Å². The van der Waals surface area contributed by atoms with E-state index in [1.807, 2.05) is 56.3 Å². The molecule has 4 nitrogen and oxygen atoms in total. The standard InChI is InChI=1S/C18H16ClN3OS/c1-11-7-8-16(14(19)9-11)22-17(23)10-24-18-13-5-3-4-6-15(13)20-12(2)21-18/h3-9H,10H2,1-2H3,(H,22,23). The first-order valence-corrected chi connectivity index (χ1v) is 8.81. The first kappa shape index (κ1) is 16.7. The summed E-state index contributed by atoms with van der Waals surface area (Å²) in [7, 11) is 0. The number of hydrogen-bond donors (Lipinski definition) is 1. The topological polar surface area (TPSA) is 54.9 Å². The van der Waals surface area contributed by atoms with E-state index in [0.29, 0.717) is 16.5 Å². The summed E-state index contributed by atoms with van der Waals surface area (Å²) >= 11 is 7.54. The molecule has 6 heteroatoms. The van der Waals surface area contributed by atoms with Gasteiger partial charge in [-0.2, -0.15) is 0 Å². The van der Waals surface area contributed by atoms with E-state index < -0.39 is 0 Å². The van der Waals surface area contributed by atoms with Crippen molar-refractivity contribution in [3.63, 3.8) is 0 Å². The molecule has 122 valence electrons. The molecule has 0 atom stereocenters. The first-order valence-electron chi connectivity index (χ1n) is 7.45. The number of aromatic nitrogens is 2. The Bertz CT molecular complexity index is 914. The van der Waals surface area contributed by atoms with Crippen LogP contribution in [0.5, 0.6) is 0 Å². The molecule has 1 aromatic heterocycles. The third-order valence-corrected chi connectivity index (χ3v) is 4.72. The summed E-state index contributed by atoms with van der Waals surface area (Å²) in [5, 5.41) is 5.14. The van der Waals surface area contributed by atoms with Gasteiger partial charge in [-0.1, -0.05) is 47.6 Å². The highest BCUT2D eigenvalue weighted by molar-refractivity contribution is 8.00. The lowest BCUT2D eigenvalue weighted by Crippen LogP contribution is -2.14. The number of nitrogens with one attached hydrogen (secondary N) is 1. The Hall–Kier alpha value is -2.11. The number of thioether (sulfide) groups is 1. The molecule has 1 heterocycles. The molecule has 0 bridgehead atoms. The van der Waals surface area contributed by atoms with Crippen LogP contribution in [0.1, 0.15) is 11.4 Å². The predicted molar refractivity (Wildman–Crippen MR) is 99.8 cm³/mol. The maximum absolute atomic E-state index is 12.2. The summed E-state index contributed by atoms with van der Waals surface area (Å²) in [5.41, 5.74) is 2.56. The number of rotatable bonds is 4. The van der Waals surface area contributed by atoms with Gasteiger partial charge in [-0.25, -0.2) is 9.97 Å². The Morgan fingerprint density at radius 2 is 1.96 bits per heavy atom. The van der Waals surface area contributed by atoms with Gasteiger partial charge in [0.1, 0.15) is 10.9 Å². The van der Waals surface area contributed by atoms with Crippen LogP contribution in [0.3, 0.4) is 0 Å². The second kappa shape index (κ2) is 7.20. The molecule has 0 spiro atoms. The van der Waals surface area contributed by atoms with Crippen LogP contribution >= 0.6 is 23.4 Å². The van der Waals surface area contributed by atoms with E-state index in [-0.39, 0.29) is 11.7 Å². The zero-order valence-electron chi connectivity index (χ0n) is 13.3. The smallest absolute Gasteiger partial charge is 0.234 e. The molecule has 1 N–H and O–H groups in total. The fourth-order valence-corrected chi connectivity index (χ4v) is 3.46. The fraction of sp³-hybridized carbons (Fsp3) is 0.167. The quantitative estimate of drug-likeness (QED) is 0.546. The van der Waals surface area contributed by atoms with E-state index in [4.69, 9.17) is 11.6 Å². The Balaban J connectivity index is 1.73. The molecule has 0 aliphatic rings. The van der Waals surface area contributed by atoms with E-state index in [9.17, 15) is 4.79 Å². The van der Waals surface area contributed by atoms with Crippen LogP contribution in [0.25, 0.3) is 10.9 Å². The van der Waals surface area contributed by atoms with E-state index >= 15 is 0 Å². The van der Waals surface area contributed by atoms with Crippen LogP contribution in [-0.2, 0) is 4.79 Å². The lowest BCUT2D eigenvalue weighted by molar-refractivity contribution is -0.113. The molecular weight excluding hydrogens is 342 g/mol. The molecule has 0 aliphatic carbocycles. The van der Waals surface area contributed by atoms with Crippen LogP contribution < -0.4 is 5.32 Å². The average Bonchev–Trinajstić information content (AvgIpc) is 2.55. The number of amides is 1. The highest BCUT2D eigenvalue weighted by atomic mass is 35.5. The Labute approximate surface area is 149 Å². The third-order valence-electron chi connectivity index (χ3n) is 3.42. The fourth-order valence-electron chi connectivity index (χ4n) is 2.31. The van der Waals surface area contributed by atoms with Gasteiger partial charge < -0.3 is 5.32 Å². The van der Waals surface area contributed by atoms with Gasteiger partial charge in [0.25, 0.3) is 0 Å². The van der Waals surface area contributed by atoms with Gasteiger partial charge >= 0.3 is 0 Å². The number of halogens is 1. The molecule has 2 aromatic carbocycles. The molecule has 1 amide bonds. The second-order valence-electron chi connectivity index (χ2n) is 5.41. The van der Waals surface area contributed by atoms with Gasteiger partial charge in [-0.05, 0) is 37.6 Å². The zero-order valence-corrected chi connectivity index (χ0v) is 14.9. The number of carbonyl (C=O) groups excluding carboxylic acids is 1. The summed E-state index contributed by atoms with van der Waals surface area (Å²) in [5.74, 6) is 0.828. The largest absolute Gasteiger partial charge is 0.324 e. The van der Waals surface area contributed by atoms with E-state index in [1.165, 1.54) is 11.8 Å². The van der Waals surface area contributed by atoms with Crippen molar-refractivity contribution in [3.05, 3.63) is 58.9 Å². The second-order valence-corrected chi connectivity index (χ2v) is 6.78. The molecule has 0 saturated heterocycles. The minimum Gasteiger partial charge on any atom is -0.324 e. The van der Waals surface area contributed by atoms with Gasteiger partial charge in [-0.15, -0.1) is 0 Å². The van der Waals surface area contributed by atoms with Crippen LogP contribution in [0.4, 0.5) is 5.69 Å². The molecule has 0 fully saturated rings. The summed E-state index contributed by atoms with van der Waals surface area (Å²) in [6, 6.07) is 13.3. The van der Waals surface area contributed by atoms with Crippen molar-refractivity contribution in [2.75, 3.05) is 11.1 Å². The Morgan fingerprint density at radius 1 is 1.17 bits per heavy atom. The molecule has 3 rings (SSSR count). The van der Waals surface area contributed by atoms with Crippen LogP contribution in [-0.4, -0.2) is 21.6 Å². The number of benzene rings is 2. The molecule has 0 saturated carbocycles. The number of para-hydroxylation sites is 1. The molecule has 3 aromatic rings. The number of aryl methyl sites for hydroxylation is 2. The van der Waals surface area contributed by atoms with Crippen molar-refractivity contribution in [1.82, 2.24) is 9.97 Å². The summed E-state index contributed by atoms with van der Waals surface area (Å²) in [4.78, 5) is 21.1. The normalized spacial score (nSPS) is 10.8. The van der Waals surface area contributed by atoms with Gasteiger partial charge in [0, 0.05) is 5.39 Å². The number of nitrogens with zero attached hydrogens (tertiary/aromatic N) is 2. The summed E-state index contributed by atoms with van der Waals surface area (Å²) in [6.07, 6.45) is 0. The number of fused-ring (bicyclic) bond motifs is 1. The van der Waals surface area contributed by atoms with Crippen molar-refractivity contribution in [1.29, 1.82) is 0 Å². The van der Waals surface area contributed by atoms with Crippen molar-refractivity contribution < 1.29 is 4.79 Å². The van der Waals surface area contributed by atoms with Crippen LogP contribution in [0, 0.1) is 13.8 Å².